The highest BCUT2D eigenvalue weighted by Gasteiger charge is 2.30. The van der Waals surface area contributed by atoms with E-state index in [4.69, 9.17) is 10.1 Å². The molecule has 3 aromatic heterocycles. The number of rotatable bonds is 4. The zero-order valence-electron chi connectivity index (χ0n) is 15.1. The molecule has 1 aliphatic heterocycles. The third-order valence-corrected chi connectivity index (χ3v) is 5.02. The number of anilines is 1. The number of fused-ring (bicyclic) bond motifs is 1. The molecule has 1 saturated carbocycles. The average molecular weight is 350 g/mol. The Hall–Kier alpha value is -2.77. The quantitative estimate of drug-likeness (QED) is 0.719. The van der Waals surface area contributed by atoms with E-state index < -0.39 is 0 Å². The Balaban J connectivity index is 1.46. The fourth-order valence-electron chi connectivity index (χ4n) is 3.43. The van der Waals surface area contributed by atoms with Gasteiger partial charge in [0, 0.05) is 19.3 Å². The Kier molecular flexibility index (Phi) is 3.51. The second-order valence-electron chi connectivity index (χ2n) is 7.16. The van der Waals surface area contributed by atoms with Gasteiger partial charge in [0.2, 0.25) is 5.95 Å². The van der Waals surface area contributed by atoms with Crippen molar-refractivity contribution in [3.8, 4) is 0 Å². The van der Waals surface area contributed by atoms with E-state index in [2.05, 4.69) is 24.6 Å². The van der Waals surface area contributed by atoms with Gasteiger partial charge in [-0.05, 0) is 51.7 Å². The molecule has 1 saturated heterocycles. The summed E-state index contributed by atoms with van der Waals surface area (Å²) in [5, 5.41) is 9.27. The first-order valence-electron chi connectivity index (χ1n) is 9.27. The first kappa shape index (κ1) is 15.5. The molecular weight excluding hydrogens is 328 g/mol. The van der Waals surface area contributed by atoms with Crippen molar-refractivity contribution >= 4 is 23.7 Å². The monoisotopic (exact) mass is 350 g/mol. The van der Waals surface area contributed by atoms with Gasteiger partial charge in [-0.1, -0.05) is 0 Å². The van der Waals surface area contributed by atoms with E-state index in [1.54, 1.807) is 0 Å². The van der Waals surface area contributed by atoms with Crippen molar-refractivity contribution in [2.75, 3.05) is 18.0 Å². The van der Waals surface area contributed by atoms with E-state index in [1.807, 2.05) is 36.7 Å². The summed E-state index contributed by atoms with van der Waals surface area (Å²) in [4.78, 5) is 16.0. The van der Waals surface area contributed by atoms with Crippen molar-refractivity contribution in [1.82, 2.24) is 34.3 Å². The van der Waals surface area contributed by atoms with Gasteiger partial charge >= 0.3 is 0 Å². The highest BCUT2D eigenvalue weighted by atomic mass is 15.5. The zero-order chi connectivity index (χ0) is 17.7. The topological polar surface area (TPSA) is 77.0 Å². The summed E-state index contributed by atoms with van der Waals surface area (Å²) in [6.45, 7) is 6.07. The van der Waals surface area contributed by atoms with Crippen LogP contribution in [0.3, 0.4) is 0 Å². The molecule has 1 aliphatic carbocycles. The lowest BCUT2D eigenvalue weighted by molar-refractivity contribution is 0.627. The Morgan fingerprint density at radius 1 is 1.00 bits per heavy atom. The summed E-state index contributed by atoms with van der Waals surface area (Å²) in [7, 11) is 0. The van der Waals surface area contributed by atoms with E-state index >= 15 is 0 Å². The van der Waals surface area contributed by atoms with Crippen LogP contribution in [0.2, 0.25) is 0 Å². The zero-order valence-corrected chi connectivity index (χ0v) is 15.1. The molecule has 8 heteroatoms. The van der Waals surface area contributed by atoms with Crippen LogP contribution in [0.25, 0.3) is 17.8 Å². The van der Waals surface area contributed by atoms with Gasteiger partial charge in [0.05, 0.1) is 17.4 Å². The molecule has 0 aromatic carbocycles. The molecule has 2 fully saturated rings. The number of hydrogen-bond donors (Lipinski definition) is 0. The molecule has 0 N–H and O–H groups in total. The number of aromatic nitrogens is 7. The maximum atomic E-state index is 4.77. The first-order valence-corrected chi connectivity index (χ1v) is 9.27. The third-order valence-electron chi connectivity index (χ3n) is 5.02. The summed E-state index contributed by atoms with van der Waals surface area (Å²) in [6, 6.07) is 0.518. The Morgan fingerprint density at radius 3 is 2.42 bits per heavy atom. The minimum absolute atomic E-state index is 0.518. The van der Waals surface area contributed by atoms with Crippen molar-refractivity contribution in [2.24, 2.45) is 0 Å². The van der Waals surface area contributed by atoms with Gasteiger partial charge in [-0.2, -0.15) is 4.98 Å². The van der Waals surface area contributed by atoms with Gasteiger partial charge in [0.1, 0.15) is 0 Å². The fraction of sp³-hybridized carbons (Fsp3) is 0.500. The van der Waals surface area contributed by atoms with Crippen LogP contribution in [-0.2, 0) is 0 Å². The predicted octanol–water partition coefficient (Wildman–Crippen LogP) is 2.44. The van der Waals surface area contributed by atoms with Crippen LogP contribution in [0.5, 0.6) is 0 Å². The van der Waals surface area contributed by atoms with Crippen molar-refractivity contribution in [2.45, 2.75) is 45.6 Å². The lowest BCUT2D eigenvalue weighted by Crippen LogP contribution is -2.22. The summed E-state index contributed by atoms with van der Waals surface area (Å²) >= 11 is 0. The molecule has 0 spiro atoms. The van der Waals surface area contributed by atoms with Crippen molar-refractivity contribution < 1.29 is 0 Å². The molecule has 26 heavy (non-hydrogen) atoms. The molecular formula is C18H22N8. The number of nitrogens with zero attached hydrogens (tertiary/aromatic N) is 8. The molecule has 0 unspecified atom stereocenters. The number of aryl methyl sites for hydroxylation is 2. The third kappa shape index (κ3) is 2.65. The average Bonchev–Trinajstić information content (AvgIpc) is 3.06. The van der Waals surface area contributed by atoms with Crippen LogP contribution in [0.1, 0.15) is 54.8 Å². The van der Waals surface area contributed by atoms with Crippen LogP contribution in [0, 0.1) is 13.8 Å². The second-order valence-corrected chi connectivity index (χ2v) is 7.16. The molecule has 0 radical (unpaired) electrons. The van der Waals surface area contributed by atoms with Crippen LogP contribution >= 0.6 is 0 Å². The largest absolute Gasteiger partial charge is 0.341 e. The smallest absolute Gasteiger partial charge is 0.224 e. The summed E-state index contributed by atoms with van der Waals surface area (Å²) < 4.78 is 3.94. The van der Waals surface area contributed by atoms with Crippen LogP contribution in [0.15, 0.2) is 6.20 Å². The van der Waals surface area contributed by atoms with E-state index in [0.717, 1.165) is 41.9 Å². The lowest BCUT2D eigenvalue weighted by Gasteiger charge is -2.16. The maximum Gasteiger partial charge on any atom is 0.224 e. The predicted molar refractivity (Wildman–Crippen MR) is 98.9 cm³/mol. The molecule has 3 aromatic rings. The Labute approximate surface area is 151 Å². The van der Waals surface area contributed by atoms with Gasteiger partial charge in [-0.15, -0.1) is 10.2 Å². The van der Waals surface area contributed by atoms with Gasteiger partial charge in [-0.25, -0.2) is 14.2 Å². The van der Waals surface area contributed by atoms with Crippen LogP contribution in [-0.4, -0.2) is 47.4 Å². The standard InChI is InChI=1S/C18H22N8/c1-12-11-19-13(2)17-20-15(22-25(12)17)7-8-16-21-18(24-9-3-4-10-24)26(23-16)14-5-6-14/h7-8,11,14H,3-6,9-10H2,1-2H3. The van der Waals surface area contributed by atoms with Crippen LogP contribution < -0.4 is 4.90 Å². The Morgan fingerprint density at radius 2 is 1.73 bits per heavy atom. The molecule has 8 nitrogen and oxygen atoms in total. The molecule has 0 amide bonds. The number of hydrogen-bond acceptors (Lipinski definition) is 6. The lowest BCUT2D eigenvalue weighted by atomic mass is 10.4. The molecule has 5 rings (SSSR count). The Bertz CT molecular complexity index is 949. The van der Waals surface area contributed by atoms with Crippen LogP contribution in [0.4, 0.5) is 5.95 Å². The highest BCUT2D eigenvalue weighted by Crippen LogP contribution is 2.37. The van der Waals surface area contributed by atoms with Gasteiger partial charge in [0.25, 0.3) is 0 Å². The normalized spacial score (nSPS) is 17.8. The summed E-state index contributed by atoms with van der Waals surface area (Å²) in [6.07, 6.45) is 10.5. The second kappa shape index (κ2) is 5.89. The molecule has 4 heterocycles. The first-order chi connectivity index (χ1) is 12.7. The van der Waals surface area contributed by atoms with Crippen molar-refractivity contribution in [3.05, 3.63) is 29.2 Å². The van der Waals surface area contributed by atoms with E-state index in [0.29, 0.717) is 11.9 Å². The van der Waals surface area contributed by atoms with Crippen molar-refractivity contribution in [3.63, 3.8) is 0 Å². The molecule has 0 atom stereocenters. The van der Waals surface area contributed by atoms with Gasteiger partial charge < -0.3 is 4.90 Å². The molecule has 2 aliphatic rings. The highest BCUT2D eigenvalue weighted by molar-refractivity contribution is 5.64. The minimum Gasteiger partial charge on any atom is -0.341 e. The summed E-state index contributed by atoms with van der Waals surface area (Å²) in [5.41, 5.74) is 2.62. The van der Waals surface area contributed by atoms with E-state index in [9.17, 15) is 0 Å². The van der Waals surface area contributed by atoms with E-state index in [-0.39, 0.29) is 0 Å². The van der Waals surface area contributed by atoms with Crippen molar-refractivity contribution in [1.29, 1.82) is 0 Å². The molecule has 134 valence electrons. The maximum absolute atomic E-state index is 4.77. The molecule has 0 bridgehead atoms. The SMILES string of the molecule is Cc1ncc(C)n2nc(C=Cc3nc(N4CCCC4)n(C4CC4)n3)nc12. The fourth-order valence-corrected chi connectivity index (χ4v) is 3.43. The van der Waals surface area contributed by atoms with Gasteiger partial charge in [-0.3, -0.25) is 4.98 Å². The summed E-state index contributed by atoms with van der Waals surface area (Å²) in [5.74, 6) is 2.39. The van der Waals surface area contributed by atoms with E-state index in [1.165, 1.54) is 25.7 Å². The van der Waals surface area contributed by atoms with Gasteiger partial charge in [0.15, 0.2) is 17.3 Å². The minimum atomic E-state index is 0.518.